The maximum Gasteiger partial charge on any atom is 0.293 e. The number of para-hydroxylation sites is 1. The second-order valence-electron chi connectivity index (χ2n) is 7.65. The molecule has 1 saturated heterocycles. The summed E-state index contributed by atoms with van der Waals surface area (Å²) in [6.45, 7) is 3.04. The van der Waals surface area contributed by atoms with Gasteiger partial charge in [0, 0.05) is 0 Å². The van der Waals surface area contributed by atoms with Crippen LogP contribution >= 0.6 is 46.0 Å². The number of imide groups is 1. The summed E-state index contributed by atoms with van der Waals surface area (Å²) in [5.41, 5.74) is 1.79. The first kappa shape index (κ1) is 26.4. The van der Waals surface area contributed by atoms with Gasteiger partial charge in [0.1, 0.15) is 19.0 Å². The Balaban J connectivity index is 1.46. The minimum atomic E-state index is -0.356. The number of thioether (sulfide) groups is 1. The lowest BCUT2D eigenvalue weighted by Crippen LogP contribution is -2.32. The van der Waals surface area contributed by atoms with E-state index in [0.29, 0.717) is 40.4 Å². The zero-order chi connectivity index (χ0) is 25.5. The third-order valence-electron chi connectivity index (χ3n) is 5.14. The molecular formula is C27H23ClINO5S. The molecule has 0 aliphatic carbocycles. The Kier molecular flexibility index (Phi) is 9.17. The number of nitrogens with zero attached hydrogens (tertiary/aromatic N) is 1. The summed E-state index contributed by atoms with van der Waals surface area (Å²) < 4.78 is 18.4. The van der Waals surface area contributed by atoms with E-state index in [4.69, 9.17) is 25.8 Å². The molecule has 36 heavy (non-hydrogen) atoms. The highest BCUT2D eigenvalue weighted by atomic mass is 127. The van der Waals surface area contributed by atoms with Crippen molar-refractivity contribution in [1.29, 1.82) is 0 Å². The Bertz CT molecular complexity index is 1280. The van der Waals surface area contributed by atoms with Gasteiger partial charge in [-0.25, -0.2) is 0 Å². The van der Waals surface area contributed by atoms with Crippen molar-refractivity contribution in [2.24, 2.45) is 0 Å². The summed E-state index contributed by atoms with van der Waals surface area (Å²) in [6.07, 6.45) is 1.70. The molecule has 0 aromatic heterocycles. The van der Waals surface area contributed by atoms with Crippen LogP contribution in [0.1, 0.15) is 18.1 Å². The van der Waals surface area contributed by atoms with E-state index < -0.39 is 0 Å². The summed E-state index contributed by atoms with van der Waals surface area (Å²) in [7, 11) is 0. The topological polar surface area (TPSA) is 65.1 Å². The first-order chi connectivity index (χ1) is 17.5. The molecule has 1 aliphatic heterocycles. The molecule has 0 radical (unpaired) electrons. The van der Waals surface area contributed by atoms with Gasteiger partial charge in [0.25, 0.3) is 11.1 Å². The van der Waals surface area contributed by atoms with E-state index in [9.17, 15) is 9.59 Å². The molecular weight excluding hydrogens is 613 g/mol. The van der Waals surface area contributed by atoms with Gasteiger partial charge in [0.2, 0.25) is 0 Å². The molecule has 3 aromatic carbocycles. The van der Waals surface area contributed by atoms with Crippen molar-refractivity contribution < 1.29 is 23.8 Å². The van der Waals surface area contributed by atoms with Crippen LogP contribution in [0, 0.1) is 3.57 Å². The lowest BCUT2D eigenvalue weighted by molar-refractivity contribution is -0.123. The van der Waals surface area contributed by atoms with Gasteiger partial charge in [-0.3, -0.25) is 14.5 Å². The fourth-order valence-corrected chi connectivity index (χ4v) is 5.29. The van der Waals surface area contributed by atoms with E-state index in [-0.39, 0.29) is 24.3 Å². The van der Waals surface area contributed by atoms with Crippen molar-refractivity contribution in [1.82, 2.24) is 4.90 Å². The van der Waals surface area contributed by atoms with E-state index >= 15 is 0 Å². The maximum absolute atomic E-state index is 12.9. The molecule has 1 aliphatic rings. The number of hydrogen-bond donors (Lipinski definition) is 0. The smallest absolute Gasteiger partial charge is 0.293 e. The molecule has 0 bridgehead atoms. The van der Waals surface area contributed by atoms with Crippen LogP contribution in [-0.2, 0) is 11.4 Å². The van der Waals surface area contributed by atoms with Crippen molar-refractivity contribution in [3.8, 4) is 17.2 Å². The Morgan fingerprint density at radius 3 is 2.47 bits per heavy atom. The zero-order valence-corrected chi connectivity index (χ0v) is 23.1. The van der Waals surface area contributed by atoms with Crippen LogP contribution < -0.4 is 14.2 Å². The van der Waals surface area contributed by atoms with Crippen molar-refractivity contribution >= 4 is 63.2 Å². The van der Waals surface area contributed by atoms with Crippen LogP contribution in [0.25, 0.3) is 6.08 Å². The molecule has 0 unspecified atom stereocenters. The van der Waals surface area contributed by atoms with Gasteiger partial charge in [-0.15, -0.1) is 0 Å². The number of benzene rings is 3. The van der Waals surface area contributed by atoms with Gasteiger partial charge >= 0.3 is 0 Å². The van der Waals surface area contributed by atoms with Crippen LogP contribution in [0.4, 0.5) is 4.79 Å². The predicted octanol–water partition coefficient (Wildman–Crippen LogP) is 7.04. The average Bonchev–Trinajstić information content (AvgIpc) is 3.13. The summed E-state index contributed by atoms with van der Waals surface area (Å²) in [6, 6.07) is 20.7. The predicted molar refractivity (Wildman–Crippen MR) is 151 cm³/mol. The Hall–Kier alpha value is -2.69. The highest BCUT2D eigenvalue weighted by molar-refractivity contribution is 14.1. The Morgan fingerprint density at radius 1 is 0.972 bits per heavy atom. The Morgan fingerprint density at radius 2 is 1.72 bits per heavy atom. The molecule has 9 heteroatoms. The SMILES string of the molecule is CCOc1cc(/C=C2\SC(=O)N(CCOc3ccccc3Cl)C2=O)cc(I)c1OCc1ccccc1. The molecule has 0 spiro atoms. The number of halogens is 2. The molecule has 1 heterocycles. The number of carbonyl (C=O) groups is 2. The zero-order valence-electron chi connectivity index (χ0n) is 19.4. The molecule has 3 aromatic rings. The number of rotatable bonds is 10. The standard InChI is InChI=1S/C27H23ClINO5S/c1-2-33-23-15-19(14-21(29)25(23)35-17-18-8-4-3-5-9-18)16-24-26(31)30(27(32)36-24)12-13-34-22-11-7-6-10-20(22)28/h3-11,14-16H,2,12-13,17H2,1H3/b24-16-. The van der Waals surface area contributed by atoms with E-state index in [2.05, 4.69) is 22.6 Å². The van der Waals surface area contributed by atoms with Crippen LogP contribution in [0.3, 0.4) is 0 Å². The van der Waals surface area contributed by atoms with Crippen LogP contribution in [0.2, 0.25) is 5.02 Å². The monoisotopic (exact) mass is 635 g/mol. The normalized spacial score (nSPS) is 14.4. The first-order valence-electron chi connectivity index (χ1n) is 11.2. The van der Waals surface area contributed by atoms with E-state index in [1.54, 1.807) is 30.3 Å². The van der Waals surface area contributed by atoms with Gasteiger partial charge in [0.05, 0.1) is 26.6 Å². The molecule has 4 rings (SSSR count). The Labute approximate surface area is 232 Å². The molecule has 1 fully saturated rings. The number of hydrogen-bond acceptors (Lipinski definition) is 6. The second-order valence-corrected chi connectivity index (χ2v) is 10.2. The summed E-state index contributed by atoms with van der Waals surface area (Å²) >= 11 is 9.19. The molecule has 186 valence electrons. The first-order valence-corrected chi connectivity index (χ1v) is 13.5. The van der Waals surface area contributed by atoms with Crippen LogP contribution in [0.15, 0.2) is 71.6 Å². The van der Waals surface area contributed by atoms with E-state index in [1.165, 1.54) is 4.90 Å². The summed E-state index contributed by atoms with van der Waals surface area (Å²) in [5, 5.41) is 0.138. The second kappa shape index (κ2) is 12.5. The highest BCUT2D eigenvalue weighted by Gasteiger charge is 2.35. The lowest BCUT2D eigenvalue weighted by Gasteiger charge is -2.15. The van der Waals surface area contributed by atoms with Gasteiger partial charge in [-0.1, -0.05) is 54.1 Å². The van der Waals surface area contributed by atoms with Gasteiger partial charge in [-0.05, 0) is 82.7 Å². The number of amides is 2. The molecule has 2 amide bonds. The average molecular weight is 636 g/mol. The van der Waals surface area contributed by atoms with Crippen LogP contribution in [0.5, 0.6) is 17.2 Å². The van der Waals surface area contributed by atoms with Crippen molar-refractivity contribution in [3.05, 3.63) is 91.4 Å². The van der Waals surface area contributed by atoms with Gasteiger partial charge < -0.3 is 14.2 Å². The highest BCUT2D eigenvalue weighted by Crippen LogP contribution is 2.38. The number of ether oxygens (including phenoxy) is 3. The third-order valence-corrected chi connectivity index (χ3v) is 7.16. The third kappa shape index (κ3) is 6.54. The summed E-state index contributed by atoms with van der Waals surface area (Å²) in [5.74, 6) is 1.38. The largest absolute Gasteiger partial charge is 0.490 e. The molecule has 0 atom stereocenters. The minimum Gasteiger partial charge on any atom is -0.490 e. The fourth-order valence-electron chi connectivity index (χ4n) is 3.46. The number of carbonyl (C=O) groups excluding carboxylic acids is 2. The van der Waals surface area contributed by atoms with Crippen molar-refractivity contribution in [3.63, 3.8) is 0 Å². The molecule has 0 N–H and O–H groups in total. The molecule has 0 saturated carbocycles. The quantitative estimate of drug-likeness (QED) is 0.176. The maximum atomic E-state index is 12.9. The van der Waals surface area contributed by atoms with Crippen molar-refractivity contribution in [2.75, 3.05) is 19.8 Å². The fraction of sp³-hybridized carbons (Fsp3) is 0.185. The van der Waals surface area contributed by atoms with E-state index in [1.807, 2.05) is 49.4 Å². The van der Waals surface area contributed by atoms with Crippen molar-refractivity contribution in [2.45, 2.75) is 13.5 Å². The lowest BCUT2D eigenvalue weighted by atomic mass is 10.1. The summed E-state index contributed by atoms with van der Waals surface area (Å²) in [4.78, 5) is 27.0. The molecule has 6 nitrogen and oxygen atoms in total. The minimum absolute atomic E-state index is 0.126. The van der Waals surface area contributed by atoms with E-state index in [0.717, 1.165) is 26.5 Å². The van der Waals surface area contributed by atoms with Gasteiger partial charge in [-0.2, -0.15) is 0 Å². The van der Waals surface area contributed by atoms with Gasteiger partial charge in [0.15, 0.2) is 11.5 Å². The van der Waals surface area contributed by atoms with Crippen LogP contribution in [-0.4, -0.2) is 35.8 Å².